The molecule has 2 aromatic rings. The van der Waals surface area contributed by atoms with E-state index in [0.29, 0.717) is 25.1 Å². The van der Waals surface area contributed by atoms with E-state index >= 15 is 0 Å². The fraction of sp³-hybridized carbons (Fsp3) is 0.381. The Morgan fingerprint density at radius 1 is 1.27 bits per heavy atom. The molecular weight excluding hydrogens is 331 g/mol. The third kappa shape index (κ3) is 3.39. The molecule has 5 heteroatoms. The number of hydrogen-bond donors (Lipinski definition) is 1. The molecule has 0 radical (unpaired) electrons. The molecular formula is C21H25FN2O2. The van der Waals surface area contributed by atoms with Gasteiger partial charge in [-0.25, -0.2) is 4.39 Å². The maximum Gasteiger partial charge on any atom is 0.253 e. The Morgan fingerprint density at radius 2 is 2.04 bits per heavy atom. The number of rotatable bonds is 6. The van der Waals surface area contributed by atoms with Crippen LogP contribution < -0.4 is 10.1 Å². The molecule has 1 N–H and O–H groups in total. The van der Waals surface area contributed by atoms with Crippen LogP contribution >= 0.6 is 0 Å². The second-order valence-electron chi connectivity index (χ2n) is 6.44. The van der Waals surface area contributed by atoms with Crippen molar-refractivity contribution in [2.24, 2.45) is 0 Å². The normalized spacial score (nSPS) is 15.5. The number of nitrogens with zero attached hydrogens (tertiary/aromatic N) is 1. The quantitative estimate of drug-likeness (QED) is 0.833. The Bertz CT molecular complexity index is 803. The number of methoxy groups -OCH3 is 1. The number of carbonyl (C=O) groups excluding carboxylic acids is 1. The number of ether oxygens (including phenoxy) is 1. The summed E-state index contributed by atoms with van der Waals surface area (Å²) < 4.78 is 19.5. The highest BCUT2D eigenvalue weighted by atomic mass is 19.1. The van der Waals surface area contributed by atoms with E-state index in [9.17, 15) is 9.18 Å². The maximum absolute atomic E-state index is 14.4. The summed E-state index contributed by atoms with van der Waals surface area (Å²) in [5, 5.41) is 3.45. The lowest BCUT2D eigenvalue weighted by atomic mass is 10.1. The first kappa shape index (κ1) is 18.2. The van der Waals surface area contributed by atoms with Gasteiger partial charge in [-0.05, 0) is 62.1 Å². The number of halogens is 1. The van der Waals surface area contributed by atoms with Gasteiger partial charge in [0.15, 0.2) is 11.6 Å². The summed E-state index contributed by atoms with van der Waals surface area (Å²) in [6, 6.07) is 11.2. The Labute approximate surface area is 154 Å². The Balaban J connectivity index is 1.81. The average Bonchev–Trinajstić information content (AvgIpc) is 3.07. The van der Waals surface area contributed by atoms with Crippen molar-refractivity contribution >= 4 is 11.6 Å². The van der Waals surface area contributed by atoms with E-state index in [1.165, 1.54) is 7.11 Å². The van der Waals surface area contributed by atoms with E-state index in [1.54, 1.807) is 11.0 Å². The Hall–Kier alpha value is -2.56. The fourth-order valence-electron chi connectivity index (χ4n) is 3.58. The standard InChI is InChI=1S/C21H25FN2O2/c1-4-24(5-2)21(25)14-7-6-8-15(13-14)23-18-11-9-17-16(18)10-12-19(26-3)20(17)22/h6-8,10,12-13,18,23H,4-5,9,11H2,1-3H3. The molecule has 1 unspecified atom stereocenters. The molecule has 0 fully saturated rings. The number of carbonyl (C=O) groups is 1. The molecule has 0 saturated heterocycles. The smallest absolute Gasteiger partial charge is 0.253 e. The zero-order valence-electron chi connectivity index (χ0n) is 15.5. The average molecular weight is 356 g/mol. The van der Waals surface area contributed by atoms with E-state index in [-0.39, 0.29) is 23.5 Å². The molecule has 4 nitrogen and oxygen atoms in total. The summed E-state index contributed by atoms with van der Waals surface area (Å²) in [5.41, 5.74) is 3.22. The molecule has 1 aliphatic carbocycles. The van der Waals surface area contributed by atoms with Crippen molar-refractivity contribution in [1.29, 1.82) is 0 Å². The molecule has 0 aliphatic heterocycles. The first-order chi connectivity index (χ1) is 12.6. The minimum absolute atomic E-state index is 0.0289. The van der Waals surface area contributed by atoms with Gasteiger partial charge in [0.05, 0.1) is 13.2 Å². The summed E-state index contributed by atoms with van der Waals surface area (Å²) in [6.45, 7) is 5.32. The van der Waals surface area contributed by atoms with Crippen molar-refractivity contribution in [3.63, 3.8) is 0 Å². The van der Waals surface area contributed by atoms with Gasteiger partial charge in [0.2, 0.25) is 0 Å². The van der Waals surface area contributed by atoms with Crippen LogP contribution in [0.15, 0.2) is 36.4 Å². The number of fused-ring (bicyclic) bond motifs is 1. The van der Waals surface area contributed by atoms with Gasteiger partial charge >= 0.3 is 0 Å². The number of anilines is 1. The fourth-order valence-corrected chi connectivity index (χ4v) is 3.58. The summed E-state index contributed by atoms with van der Waals surface area (Å²) in [5.74, 6) is 0.0530. The van der Waals surface area contributed by atoms with Gasteiger partial charge in [0.25, 0.3) is 5.91 Å². The monoisotopic (exact) mass is 356 g/mol. The topological polar surface area (TPSA) is 41.6 Å². The van der Waals surface area contributed by atoms with E-state index in [2.05, 4.69) is 5.32 Å². The molecule has 1 amide bonds. The number of nitrogens with one attached hydrogen (secondary N) is 1. The molecule has 1 atom stereocenters. The predicted molar refractivity (Wildman–Crippen MR) is 101 cm³/mol. The van der Waals surface area contributed by atoms with Crippen LogP contribution in [0.25, 0.3) is 0 Å². The minimum atomic E-state index is -0.264. The molecule has 2 aromatic carbocycles. The SMILES string of the molecule is CCN(CC)C(=O)c1cccc(NC2CCc3c2ccc(OC)c3F)c1. The van der Waals surface area contributed by atoms with Crippen LogP contribution in [0.5, 0.6) is 5.75 Å². The van der Waals surface area contributed by atoms with Crippen molar-refractivity contribution < 1.29 is 13.9 Å². The van der Waals surface area contributed by atoms with Crippen LogP contribution in [-0.4, -0.2) is 31.0 Å². The molecule has 0 bridgehead atoms. The molecule has 1 aliphatic rings. The van der Waals surface area contributed by atoms with Gasteiger partial charge in [-0.1, -0.05) is 12.1 Å². The highest BCUT2D eigenvalue weighted by Crippen LogP contribution is 2.38. The van der Waals surface area contributed by atoms with Gasteiger partial charge in [-0.15, -0.1) is 0 Å². The Morgan fingerprint density at radius 3 is 2.73 bits per heavy atom. The van der Waals surface area contributed by atoms with Crippen LogP contribution in [0.1, 0.15) is 47.8 Å². The molecule has 0 heterocycles. The van der Waals surface area contributed by atoms with E-state index in [0.717, 1.165) is 23.2 Å². The zero-order valence-corrected chi connectivity index (χ0v) is 15.5. The molecule has 138 valence electrons. The lowest BCUT2D eigenvalue weighted by Crippen LogP contribution is -2.30. The van der Waals surface area contributed by atoms with Crippen molar-refractivity contribution in [3.8, 4) is 5.75 Å². The lowest BCUT2D eigenvalue weighted by Gasteiger charge is -2.20. The van der Waals surface area contributed by atoms with Gasteiger partial charge in [0.1, 0.15) is 0 Å². The highest BCUT2D eigenvalue weighted by molar-refractivity contribution is 5.95. The third-order valence-corrected chi connectivity index (χ3v) is 5.02. The van der Waals surface area contributed by atoms with E-state index in [1.807, 2.05) is 44.2 Å². The number of benzene rings is 2. The second-order valence-corrected chi connectivity index (χ2v) is 6.44. The zero-order chi connectivity index (χ0) is 18.7. The van der Waals surface area contributed by atoms with Crippen LogP contribution in [0.3, 0.4) is 0 Å². The first-order valence-corrected chi connectivity index (χ1v) is 9.10. The minimum Gasteiger partial charge on any atom is -0.494 e. The van der Waals surface area contributed by atoms with Gasteiger partial charge in [-0.3, -0.25) is 4.79 Å². The van der Waals surface area contributed by atoms with Gasteiger partial charge in [-0.2, -0.15) is 0 Å². The molecule has 26 heavy (non-hydrogen) atoms. The van der Waals surface area contributed by atoms with Crippen molar-refractivity contribution in [2.75, 3.05) is 25.5 Å². The van der Waals surface area contributed by atoms with E-state index in [4.69, 9.17) is 4.74 Å². The van der Waals surface area contributed by atoms with Crippen LogP contribution in [0.2, 0.25) is 0 Å². The maximum atomic E-state index is 14.4. The first-order valence-electron chi connectivity index (χ1n) is 9.10. The molecule has 0 saturated carbocycles. The van der Waals surface area contributed by atoms with Crippen molar-refractivity contribution in [2.45, 2.75) is 32.7 Å². The predicted octanol–water partition coefficient (Wildman–Crippen LogP) is 4.42. The van der Waals surface area contributed by atoms with E-state index < -0.39 is 0 Å². The summed E-state index contributed by atoms with van der Waals surface area (Å²) >= 11 is 0. The Kier molecular flexibility index (Phi) is 5.45. The van der Waals surface area contributed by atoms with Crippen LogP contribution in [0.4, 0.5) is 10.1 Å². The summed E-state index contributed by atoms with van der Waals surface area (Å²) in [4.78, 5) is 14.3. The second kappa shape index (κ2) is 7.77. The molecule has 0 spiro atoms. The van der Waals surface area contributed by atoms with Gasteiger partial charge in [0, 0.05) is 24.3 Å². The summed E-state index contributed by atoms with van der Waals surface area (Å²) in [7, 11) is 1.48. The molecule has 3 rings (SSSR count). The summed E-state index contributed by atoms with van der Waals surface area (Å²) in [6.07, 6.45) is 1.49. The highest BCUT2D eigenvalue weighted by Gasteiger charge is 2.27. The van der Waals surface area contributed by atoms with Crippen molar-refractivity contribution in [3.05, 3.63) is 58.9 Å². The van der Waals surface area contributed by atoms with Gasteiger partial charge < -0.3 is 15.0 Å². The number of amides is 1. The third-order valence-electron chi connectivity index (χ3n) is 5.02. The lowest BCUT2D eigenvalue weighted by molar-refractivity contribution is 0.0773. The number of hydrogen-bond acceptors (Lipinski definition) is 3. The van der Waals surface area contributed by atoms with Crippen molar-refractivity contribution in [1.82, 2.24) is 4.90 Å². The van der Waals surface area contributed by atoms with Crippen LogP contribution in [-0.2, 0) is 6.42 Å². The molecule has 0 aromatic heterocycles. The largest absolute Gasteiger partial charge is 0.494 e. The van der Waals surface area contributed by atoms with Crippen LogP contribution in [0, 0.1) is 5.82 Å².